The highest BCUT2D eigenvalue weighted by Crippen LogP contribution is 2.38. The Balaban J connectivity index is 1.89. The van der Waals surface area contributed by atoms with Crippen molar-refractivity contribution in [3.63, 3.8) is 0 Å². The van der Waals surface area contributed by atoms with Gasteiger partial charge in [0.25, 0.3) is 0 Å². The highest BCUT2D eigenvalue weighted by molar-refractivity contribution is 7.88. The van der Waals surface area contributed by atoms with Crippen LogP contribution in [0.4, 0.5) is 0 Å². The SMILES string of the molecule is CNC1CCC(CC2CCCN(S(C)(=O)=O)C2)C1C. The summed E-state index contributed by atoms with van der Waals surface area (Å²) in [4.78, 5) is 0. The van der Waals surface area contributed by atoms with Gasteiger partial charge in [0.15, 0.2) is 0 Å². The smallest absolute Gasteiger partial charge is 0.211 e. The van der Waals surface area contributed by atoms with Crippen LogP contribution in [0.2, 0.25) is 0 Å². The molecule has 1 heterocycles. The zero-order valence-corrected chi connectivity index (χ0v) is 13.2. The number of hydrogen-bond donors (Lipinski definition) is 1. The lowest BCUT2D eigenvalue weighted by atomic mass is 9.84. The first-order chi connectivity index (χ1) is 8.91. The van der Waals surface area contributed by atoms with E-state index in [0.717, 1.165) is 24.8 Å². The van der Waals surface area contributed by atoms with Crippen molar-refractivity contribution in [3.05, 3.63) is 0 Å². The first kappa shape index (κ1) is 15.3. The number of sulfonamides is 1. The van der Waals surface area contributed by atoms with Gasteiger partial charge >= 0.3 is 0 Å². The minimum atomic E-state index is -3.00. The van der Waals surface area contributed by atoms with Gasteiger partial charge in [-0.25, -0.2) is 12.7 Å². The van der Waals surface area contributed by atoms with Gasteiger partial charge in [-0.05, 0) is 56.9 Å². The molecule has 1 N–H and O–H groups in total. The second-order valence-corrected chi connectivity index (χ2v) is 8.44. The predicted molar refractivity (Wildman–Crippen MR) is 78.5 cm³/mol. The van der Waals surface area contributed by atoms with Crippen molar-refractivity contribution in [3.8, 4) is 0 Å². The lowest BCUT2D eigenvalue weighted by Crippen LogP contribution is -2.40. The molecule has 2 rings (SSSR count). The van der Waals surface area contributed by atoms with Crippen molar-refractivity contribution in [2.24, 2.45) is 17.8 Å². The normalized spacial score (nSPS) is 37.6. The maximum Gasteiger partial charge on any atom is 0.211 e. The van der Waals surface area contributed by atoms with Crippen molar-refractivity contribution in [2.45, 2.75) is 45.1 Å². The quantitative estimate of drug-likeness (QED) is 0.856. The van der Waals surface area contributed by atoms with Gasteiger partial charge in [-0.1, -0.05) is 6.92 Å². The fourth-order valence-electron chi connectivity index (χ4n) is 3.94. The van der Waals surface area contributed by atoms with Gasteiger partial charge < -0.3 is 5.32 Å². The van der Waals surface area contributed by atoms with E-state index in [4.69, 9.17) is 0 Å². The summed E-state index contributed by atoms with van der Waals surface area (Å²) in [6.07, 6.45) is 7.32. The zero-order valence-electron chi connectivity index (χ0n) is 12.4. The summed E-state index contributed by atoms with van der Waals surface area (Å²) < 4.78 is 25.0. The summed E-state index contributed by atoms with van der Waals surface area (Å²) in [6, 6.07) is 0.652. The molecular weight excluding hydrogens is 260 g/mol. The summed E-state index contributed by atoms with van der Waals surface area (Å²) in [5, 5.41) is 3.41. The van der Waals surface area contributed by atoms with Crippen LogP contribution in [-0.2, 0) is 10.0 Å². The van der Waals surface area contributed by atoms with Gasteiger partial charge in [-0.3, -0.25) is 0 Å². The van der Waals surface area contributed by atoms with Gasteiger partial charge in [-0.2, -0.15) is 0 Å². The molecule has 1 aliphatic heterocycles. The Labute approximate surface area is 118 Å². The largest absolute Gasteiger partial charge is 0.317 e. The van der Waals surface area contributed by atoms with Gasteiger partial charge in [0.05, 0.1) is 6.26 Å². The molecule has 1 aliphatic carbocycles. The van der Waals surface area contributed by atoms with Gasteiger partial charge in [0, 0.05) is 19.1 Å². The Hall–Kier alpha value is -0.130. The van der Waals surface area contributed by atoms with E-state index in [9.17, 15) is 8.42 Å². The molecule has 4 atom stereocenters. The van der Waals surface area contributed by atoms with Crippen LogP contribution in [0, 0.1) is 17.8 Å². The highest BCUT2D eigenvalue weighted by atomic mass is 32.2. The highest BCUT2D eigenvalue weighted by Gasteiger charge is 2.35. The van der Waals surface area contributed by atoms with E-state index in [1.54, 1.807) is 4.31 Å². The summed E-state index contributed by atoms with van der Waals surface area (Å²) in [7, 11) is -0.949. The number of nitrogens with zero attached hydrogens (tertiary/aromatic N) is 1. The van der Waals surface area contributed by atoms with Crippen molar-refractivity contribution in [2.75, 3.05) is 26.4 Å². The third-order valence-electron chi connectivity index (χ3n) is 5.18. The molecule has 0 aromatic carbocycles. The molecule has 0 spiro atoms. The Morgan fingerprint density at radius 3 is 2.58 bits per heavy atom. The number of piperidine rings is 1. The maximum atomic E-state index is 11.6. The summed E-state index contributed by atoms with van der Waals surface area (Å²) in [6.45, 7) is 3.80. The molecule has 19 heavy (non-hydrogen) atoms. The van der Waals surface area contributed by atoms with Crippen LogP contribution in [0.1, 0.15) is 39.0 Å². The molecule has 1 saturated heterocycles. The Bertz CT molecular complexity index is 396. The maximum absolute atomic E-state index is 11.6. The first-order valence-electron chi connectivity index (χ1n) is 7.54. The van der Waals surface area contributed by atoms with Crippen LogP contribution in [0.3, 0.4) is 0 Å². The Morgan fingerprint density at radius 2 is 2.00 bits per heavy atom. The standard InChI is InChI=1S/C14H28N2O2S/c1-11-13(6-7-14(11)15-2)9-12-5-4-8-16(10-12)19(3,17)18/h11-15H,4-10H2,1-3H3. The van der Waals surface area contributed by atoms with E-state index in [0.29, 0.717) is 18.5 Å². The monoisotopic (exact) mass is 288 g/mol. The Morgan fingerprint density at radius 1 is 1.26 bits per heavy atom. The zero-order chi connectivity index (χ0) is 14.0. The van der Waals surface area contributed by atoms with E-state index in [-0.39, 0.29) is 0 Å². The number of hydrogen-bond acceptors (Lipinski definition) is 3. The summed E-state index contributed by atoms with van der Waals surface area (Å²) >= 11 is 0. The topological polar surface area (TPSA) is 49.4 Å². The van der Waals surface area contributed by atoms with Crippen molar-refractivity contribution < 1.29 is 8.42 Å². The molecule has 5 heteroatoms. The third-order valence-corrected chi connectivity index (χ3v) is 6.45. The molecule has 2 aliphatic rings. The van der Waals surface area contributed by atoms with Crippen molar-refractivity contribution >= 4 is 10.0 Å². The van der Waals surface area contributed by atoms with Crippen molar-refractivity contribution in [1.82, 2.24) is 9.62 Å². The second kappa shape index (κ2) is 6.10. The van der Waals surface area contributed by atoms with E-state index in [1.807, 2.05) is 0 Å². The minimum absolute atomic E-state index is 0.562. The average molecular weight is 288 g/mol. The van der Waals surface area contributed by atoms with Crippen LogP contribution in [0.15, 0.2) is 0 Å². The van der Waals surface area contributed by atoms with E-state index < -0.39 is 10.0 Å². The molecule has 4 nitrogen and oxygen atoms in total. The minimum Gasteiger partial charge on any atom is -0.317 e. The molecule has 0 aromatic heterocycles. The summed E-state index contributed by atoms with van der Waals surface area (Å²) in [5.41, 5.74) is 0. The molecular formula is C14H28N2O2S. The molecule has 2 fully saturated rings. The second-order valence-electron chi connectivity index (χ2n) is 6.46. The van der Waals surface area contributed by atoms with Crippen LogP contribution < -0.4 is 5.32 Å². The number of nitrogens with one attached hydrogen (secondary N) is 1. The van der Waals surface area contributed by atoms with Crippen LogP contribution >= 0.6 is 0 Å². The van der Waals surface area contributed by atoms with E-state index in [2.05, 4.69) is 19.3 Å². The van der Waals surface area contributed by atoms with E-state index >= 15 is 0 Å². The number of rotatable bonds is 4. The molecule has 112 valence electrons. The van der Waals surface area contributed by atoms with Crippen LogP contribution in [-0.4, -0.2) is 45.2 Å². The fraction of sp³-hybridized carbons (Fsp3) is 1.00. The molecule has 0 bridgehead atoms. The molecule has 0 radical (unpaired) electrons. The van der Waals surface area contributed by atoms with Gasteiger partial charge in [0.2, 0.25) is 10.0 Å². The lowest BCUT2D eigenvalue weighted by molar-refractivity contribution is 0.211. The summed E-state index contributed by atoms with van der Waals surface area (Å²) in [5.74, 6) is 2.05. The van der Waals surface area contributed by atoms with Crippen LogP contribution in [0.5, 0.6) is 0 Å². The van der Waals surface area contributed by atoms with Crippen LogP contribution in [0.25, 0.3) is 0 Å². The average Bonchev–Trinajstić information content (AvgIpc) is 2.70. The fourth-order valence-corrected chi connectivity index (χ4v) is 4.88. The molecule has 0 aromatic rings. The lowest BCUT2D eigenvalue weighted by Gasteiger charge is -2.33. The van der Waals surface area contributed by atoms with Gasteiger partial charge in [-0.15, -0.1) is 0 Å². The first-order valence-corrected chi connectivity index (χ1v) is 9.39. The molecule has 1 saturated carbocycles. The van der Waals surface area contributed by atoms with Gasteiger partial charge in [0.1, 0.15) is 0 Å². The van der Waals surface area contributed by atoms with Crippen molar-refractivity contribution in [1.29, 1.82) is 0 Å². The molecule has 4 unspecified atom stereocenters. The third kappa shape index (κ3) is 3.70. The Kier molecular flexibility index (Phi) is 4.90. The van der Waals surface area contributed by atoms with E-state index in [1.165, 1.54) is 31.9 Å². The molecule has 0 amide bonds. The predicted octanol–water partition coefficient (Wildman–Crippen LogP) is 1.68.